The Bertz CT molecular complexity index is 538. The summed E-state index contributed by atoms with van der Waals surface area (Å²) in [7, 11) is 1.60. The van der Waals surface area contributed by atoms with Crippen LogP contribution in [0.4, 0.5) is 0 Å². The molecular formula is C16H20ClNO3. The largest absolute Gasteiger partial charge is 0.479 e. The van der Waals surface area contributed by atoms with Gasteiger partial charge in [0.2, 0.25) is 5.91 Å². The molecule has 0 atom stereocenters. The van der Waals surface area contributed by atoms with Crippen LogP contribution in [0.15, 0.2) is 24.3 Å². The van der Waals surface area contributed by atoms with Crippen molar-refractivity contribution in [2.45, 2.75) is 44.1 Å². The fourth-order valence-corrected chi connectivity index (χ4v) is 3.19. The number of aliphatic carboxylic acids is 1. The van der Waals surface area contributed by atoms with E-state index in [1.807, 2.05) is 6.07 Å². The highest BCUT2D eigenvalue weighted by Crippen LogP contribution is 2.34. The number of hydrogen-bond acceptors (Lipinski definition) is 2. The predicted octanol–water partition coefficient (Wildman–Crippen LogP) is 3.13. The Morgan fingerprint density at radius 1 is 1.24 bits per heavy atom. The molecule has 21 heavy (non-hydrogen) atoms. The Morgan fingerprint density at radius 3 is 2.43 bits per heavy atom. The van der Waals surface area contributed by atoms with Crippen LogP contribution in [-0.2, 0) is 16.0 Å². The normalized spacial score (nSPS) is 17.2. The minimum atomic E-state index is -1.06. The minimum absolute atomic E-state index is 0.130. The van der Waals surface area contributed by atoms with Crippen molar-refractivity contribution < 1.29 is 14.7 Å². The molecular weight excluding hydrogens is 290 g/mol. The molecule has 0 heterocycles. The van der Waals surface area contributed by atoms with Crippen molar-refractivity contribution in [3.63, 3.8) is 0 Å². The van der Waals surface area contributed by atoms with Gasteiger partial charge in [-0.05, 0) is 24.5 Å². The lowest BCUT2D eigenvalue weighted by Crippen LogP contribution is -2.56. The molecule has 0 radical (unpaired) electrons. The molecule has 0 unspecified atom stereocenters. The van der Waals surface area contributed by atoms with Gasteiger partial charge in [-0.2, -0.15) is 0 Å². The summed E-state index contributed by atoms with van der Waals surface area (Å²) in [6.45, 7) is 0. The van der Waals surface area contributed by atoms with Crippen LogP contribution in [0.1, 0.15) is 37.7 Å². The lowest BCUT2D eigenvalue weighted by Gasteiger charge is -2.41. The number of benzene rings is 1. The zero-order valence-corrected chi connectivity index (χ0v) is 12.9. The zero-order valence-electron chi connectivity index (χ0n) is 12.1. The molecule has 1 amide bonds. The molecule has 1 aliphatic carbocycles. The average Bonchev–Trinajstić information content (AvgIpc) is 2.49. The molecule has 1 fully saturated rings. The van der Waals surface area contributed by atoms with Crippen LogP contribution in [0.25, 0.3) is 0 Å². The average molecular weight is 310 g/mol. The van der Waals surface area contributed by atoms with E-state index in [4.69, 9.17) is 11.6 Å². The summed E-state index contributed by atoms with van der Waals surface area (Å²) in [6, 6.07) is 7.15. The molecule has 1 aromatic carbocycles. The van der Waals surface area contributed by atoms with E-state index >= 15 is 0 Å². The molecule has 1 N–H and O–H groups in total. The van der Waals surface area contributed by atoms with Crippen LogP contribution in [-0.4, -0.2) is 34.5 Å². The highest BCUT2D eigenvalue weighted by atomic mass is 35.5. The number of carboxylic acids is 1. The Labute approximate surface area is 129 Å². The van der Waals surface area contributed by atoms with Crippen molar-refractivity contribution in [1.82, 2.24) is 4.90 Å². The summed E-state index contributed by atoms with van der Waals surface area (Å²) in [6.07, 6.45) is 3.89. The van der Waals surface area contributed by atoms with Gasteiger partial charge in [0.05, 0.1) is 6.42 Å². The standard InChI is InChI=1S/C16H20ClNO3/c1-18(16(15(20)21)9-5-2-6-10-16)14(19)11-12-7-3-4-8-13(12)17/h3-4,7-8H,2,5-6,9-11H2,1H3,(H,20,21). The van der Waals surface area contributed by atoms with Crippen LogP contribution in [0, 0.1) is 0 Å². The van der Waals surface area contributed by atoms with Crippen molar-refractivity contribution in [2.75, 3.05) is 7.05 Å². The van der Waals surface area contributed by atoms with E-state index in [0.717, 1.165) is 24.8 Å². The van der Waals surface area contributed by atoms with Gasteiger partial charge < -0.3 is 10.0 Å². The van der Waals surface area contributed by atoms with Gasteiger partial charge in [0.1, 0.15) is 5.54 Å². The Hall–Kier alpha value is -1.55. The van der Waals surface area contributed by atoms with Crippen molar-refractivity contribution in [3.8, 4) is 0 Å². The fourth-order valence-electron chi connectivity index (χ4n) is 2.99. The number of nitrogens with zero attached hydrogens (tertiary/aromatic N) is 1. The summed E-state index contributed by atoms with van der Waals surface area (Å²) < 4.78 is 0. The minimum Gasteiger partial charge on any atom is -0.479 e. The van der Waals surface area contributed by atoms with E-state index in [-0.39, 0.29) is 12.3 Å². The smallest absolute Gasteiger partial charge is 0.329 e. The second-order valence-electron chi connectivity index (χ2n) is 5.62. The Morgan fingerprint density at radius 2 is 1.86 bits per heavy atom. The van der Waals surface area contributed by atoms with Gasteiger partial charge in [0, 0.05) is 12.1 Å². The molecule has 5 heteroatoms. The SMILES string of the molecule is CN(C(=O)Cc1ccccc1Cl)C1(C(=O)O)CCCCC1. The maximum Gasteiger partial charge on any atom is 0.329 e. The first-order chi connectivity index (χ1) is 9.97. The number of hydrogen-bond donors (Lipinski definition) is 1. The first kappa shape index (κ1) is 15.8. The van der Waals surface area contributed by atoms with Gasteiger partial charge >= 0.3 is 5.97 Å². The first-order valence-corrected chi connectivity index (χ1v) is 7.58. The number of halogens is 1. The maximum absolute atomic E-state index is 12.5. The van der Waals surface area contributed by atoms with Crippen molar-refractivity contribution in [1.29, 1.82) is 0 Å². The molecule has 1 saturated carbocycles. The van der Waals surface area contributed by atoms with Gasteiger partial charge in [0.25, 0.3) is 0 Å². The number of carbonyl (C=O) groups is 2. The van der Waals surface area contributed by atoms with Crippen LogP contribution in [0.5, 0.6) is 0 Å². The van der Waals surface area contributed by atoms with E-state index in [0.29, 0.717) is 17.9 Å². The second-order valence-corrected chi connectivity index (χ2v) is 6.03. The quantitative estimate of drug-likeness (QED) is 0.929. The van der Waals surface area contributed by atoms with Crippen molar-refractivity contribution in [2.24, 2.45) is 0 Å². The lowest BCUT2D eigenvalue weighted by atomic mass is 9.80. The van der Waals surface area contributed by atoms with Crippen LogP contribution >= 0.6 is 11.6 Å². The number of amides is 1. The van der Waals surface area contributed by atoms with E-state index in [9.17, 15) is 14.7 Å². The monoisotopic (exact) mass is 309 g/mol. The van der Waals surface area contributed by atoms with Gasteiger partial charge in [-0.3, -0.25) is 4.79 Å². The topological polar surface area (TPSA) is 57.6 Å². The molecule has 0 saturated heterocycles. The zero-order chi connectivity index (χ0) is 15.5. The van der Waals surface area contributed by atoms with Crippen LogP contribution < -0.4 is 0 Å². The Balaban J connectivity index is 2.17. The third-order valence-electron chi connectivity index (χ3n) is 4.39. The summed E-state index contributed by atoms with van der Waals surface area (Å²) >= 11 is 6.07. The van der Waals surface area contributed by atoms with Crippen molar-refractivity contribution in [3.05, 3.63) is 34.9 Å². The van der Waals surface area contributed by atoms with Crippen LogP contribution in [0.2, 0.25) is 5.02 Å². The van der Waals surface area contributed by atoms with Crippen molar-refractivity contribution >= 4 is 23.5 Å². The Kier molecular flexibility index (Phi) is 4.88. The number of carboxylic acid groups (broad SMARTS) is 1. The highest BCUT2D eigenvalue weighted by Gasteiger charge is 2.45. The fraction of sp³-hybridized carbons (Fsp3) is 0.500. The van der Waals surface area contributed by atoms with Gasteiger partial charge in [0.15, 0.2) is 0 Å². The summed E-state index contributed by atoms with van der Waals surface area (Å²) in [4.78, 5) is 25.6. The van der Waals surface area contributed by atoms with E-state index in [1.54, 1.807) is 25.2 Å². The van der Waals surface area contributed by atoms with Gasteiger partial charge in [-0.1, -0.05) is 49.1 Å². The summed E-state index contributed by atoms with van der Waals surface area (Å²) in [5.74, 6) is -1.11. The molecule has 114 valence electrons. The third-order valence-corrected chi connectivity index (χ3v) is 4.76. The predicted molar refractivity (Wildman–Crippen MR) is 81.4 cm³/mol. The molecule has 0 aliphatic heterocycles. The molecule has 1 aliphatic rings. The van der Waals surface area contributed by atoms with Gasteiger partial charge in [-0.15, -0.1) is 0 Å². The molecule has 2 rings (SSSR count). The van der Waals surface area contributed by atoms with E-state index in [2.05, 4.69) is 0 Å². The molecule has 0 bridgehead atoms. The number of carbonyl (C=O) groups excluding carboxylic acids is 1. The molecule has 0 aromatic heterocycles. The highest BCUT2D eigenvalue weighted by molar-refractivity contribution is 6.31. The molecule has 0 spiro atoms. The number of rotatable bonds is 4. The molecule has 1 aromatic rings. The number of likely N-dealkylation sites (N-methyl/N-ethyl adjacent to an activating group) is 1. The first-order valence-electron chi connectivity index (χ1n) is 7.21. The third kappa shape index (κ3) is 3.21. The maximum atomic E-state index is 12.5. The summed E-state index contributed by atoms with van der Waals surface area (Å²) in [5.41, 5.74) is -0.330. The lowest BCUT2D eigenvalue weighted by molar-refractivity contribution is -0.160. The van der Waals surface area contributed by atoms with E-state index in [1.165, 1.54) is 4.90 Å². The summed E-state index contributed by atoms with van der Waals surface area (Å²) in [5, 5.41) is 10.1. The van der Waals surface area contributed by atoms with Crippen LogP contribution in [0.3, 0.4) is 0 Å². The molecule has 4 nitrogen and oxygen atoms in total. The van der Waals surface area contributed by atoms with Gasteiger partial charge in [-0.25, -0.2) is 4.79 Å². The van der Waals surface area contributed by atoms with E-state index < -0.39 is 11.5 Å². The second kappa shape index (κ2) is 6.48.